The molecule has 2 aliphatic heterocycles. The van der Waals surface area contributed by atoms with E-state index in [-0.39, 0.29) is 16.2 Å². The lowest BCUT2D eigenvalue weighted by Gasteiger charge is -2.44. The molecule has 1 amide bonds. The van der Waals surface area contributed by atoms with E-state index < -0.39 is 10.0 Å². The average molecular weight is 419 g/mol. The Balaban J connectivity index is 1.56. The second-order valence-corrected chi connectivity index (χ2v) is 9.80. The van der Waals surface area contributed by atoms with Gasteiger partial charge in [0.1, 0.15) is 16.3 Å². The number of para-hydroxylation sites is 1. The Morgan fingerprint density at radius 1 is 1.28 bits per heavy atom. The Labute approximate surface area is 170 Å². The molecular formula is C20H26N4O4S. The van der Waals surface area contributed by atoms with E-state index in [0.717, 1.165) is 5.69 Å². The first kappa shape index (κ1) is 19.9. The van der Waals surface area contributed by atoms with Crippen LogP contribution in [-0.4, -0.2) is 66.5 Å². The number of aromatic amines is 1. The first-order valence-electron chi connectivity index (χ1n) is 9.88. The molecule has 1 aromatic carbocycles. The first-order valence-corrected chi connectivity index (χ1v) is 11.3. The van der Waals surface area contributed by atoms with Crippen molar-refractivity contribution in [1.82, 2.24) is 19.4 Å². The van der Waals surface area contributed by atoms with E-state index in [1.165, 1.54) is 0 Å². The molecule has 1 saturated heterocycles. The molecule has 3 heterocycles. The topological polar surface area (TPSA) is 95.6 Å². The number of ether oxygens (including phenoxy) is 1. The summed E-state index contributed by atoms with van der Waals surface area (Å²) in [5.74, 6) is 0.303. The van der Waals surface area contributed by atoms with Gasteiger partial charge in [-0.05, 0) is 38.0 Å². The van der Waals surface area contributed by atoms with Crippen LogP contribution in [0.4, 0.5) is 0 Å². The fourth-order valence-electron chi connectivity index (χ4n) is 4.12. The molecule has 1 aromatic heterocycles. The Bertz CT molecular complexity index is 1010. The number of aryl methyl sites for hydroxylation is 1. The van der Waals surface area contributed by atoms with Crippen LogP contribution in [0.2, 0.25) is 0 Å². The number of piperidine rings is 1. The number of rotatable bonds is 2. The molecule has 4 rings (SSSR count). The van der Waals surface area contributed by atoms with E-state index in [1.54, 1.807) is 39.5 Å². The zero-order valence-corrected chi connectivity index (χ0v) is 17.5. The summed E-state index contributed by atoms with van der Waals surface area (Å²) >= 11 is 0. The van der Waals surface area contributed by atoms with Gasteiger partial charge in [0.2, 0.25) is 10.0 Å². The lowest BCUT2D eigenvalue weighted by molar-refractivity contribution is 0.0302. The van der Waals surface area contributed by atoms with Crippen molar-refractivity contribution in [2.24, 2.45) is 5.41 Å². The molecule has 0 radical (unpaired) electrons. The summed E-state index contributed by atoms with van der Waals surface area (Å²) in [5.41, 5.74) is 0.936. The van der Waals surface area contributed by atoms with Crippen molar-refractivity contribution in [3.63, 3.8) is 0 Å². The van der Waals surface area contributed by atoms with Gasteiger partial charge in [-0.15, -0.1) is 0 Å². The van der Waals surface area contributed by atoms with E-state index in [4.69, 9.17) is 4.74 Å². The number of hydrogen-bond acceptors (Lipinski definition) is 5. The van der Waals surface area contributed by atoms with Gasteiger partial charge in [0.15, 0.2) is 0 Å². The lowest BCUT2D eigenvalue weighted by atomic mass is 9.78. The van der Waals surface area contributed by atoms with E-state index in [0.29, 0.717) is 57.1 Å². The van der Waals surface area contributed by atoms with Crippen molar-refractivity contribution in [3.8, 4) is 5.75 Å². The minimum atomic E-state index is -3.62. The van der Waals surface area contributed by atoms with Gasteiger partial charge in [-0.3, -0.25) is 9.89 Å². The molecule has 1 spiro atoms. The van der Waals surface area contributed by atoms with E-state index in [1.807, 2.05) is 13.8 Å². The molecule has 0 saturated carbocycles. The Hall–Kier alpha value is -2.39. The van der Waals surface area contributed by atoms with Crippen molar-refractivity contribution in [3.05, 3.63) is 41.7 Å². The van der Waals surface area contributed by atoms with Gasteiger partial charge >= 0.3 is 0 Å². The molecule has 0 atom stereocenters. The average Bonchev–Trinajstić information content (AvgIpc) is 3.16. The van der Waals surface area contributed by atoms with Crippen LogP contribution in [0, 0.1) is 12.3 Å². The fourth-order valence-corrected chi connectivity index (χ4v) is 5.81. The molecule has 0 bridgehead atoms. The van der Waals surface area contributed by atoms with Gasteiger partial charge in [0.25, 0.3) is 5.91 Å². The van der Waals surface area contributed by atoms with Crippen LogP contribution in [0.25, 0.3) is 0 Å². The number of carbonyl (C=O) groups excluding carboxylic acids is 1. The molecule has 1 fully saturated rings. The van der Waals surface area contributed by atoms with Crippen LogP contribution >= 0.6 is 0 Å². The van der Waals surface area contributed by atoms with Gasteiger partial charge < -0.3 is 9.64 Å². The molecule has 29 heavy (non-hydrogen) atoms. The van der Waals surface area contributed by atoms with Crippen LogP contribution in [0.5, 0.6) is 5.75 Å². The zero-order chi connectivity index (χ0) is 20.6. The third kappa shape index (κ3) is 3.64. The van der Waals surface area contributed by atoms with Gasteiger partial charge in [0.05, 0.1) is 6.61 Å². The monoisotopic (exact) mass is 418 g/mol. The smallest absolute Gasteiger partial charge is 0.274 e. The van der Waals surface area contributed by atoms with Crippen LogP contribution in [0.15, 0.2) is 35.2 Å². The minimum absolute atomic E-state index is 0.0960. The standard InChI is InChI=1S/C20H26N4O4S/c1-3-24-13-20(14-28-17-6-4-5-7-18(17)29(24,26)27)8-10-23(11-9-20)19(25)16-12-15(2)21-22-16/h4-7,12H,3,8-11,13-14H2,1-2H3,(H,21,22). The van der Waals surface area contributed by atoms with Crippen LogP contribution in [-0.2, 0) is 10.0 Å². The number of nitrogens with zero attached hydrogens (tertiary/aromatic N) is 3. The number of benzene rings is 1. The fraction of sp³-hybridized carbons (Fsp3) is 0.500. The summed E-state index contributed by atoms with van der Waals surface area (Å²) in [6.45, 7) is 6.03. The highest BCUT2D eigenvalue weighted by Crippen LogP contribution is 2.39. The van der Waals surface area contributed by atoms with Gasteiger partial charge in [0, 0.05) is 37.3 Å². The maximum Gasteiger partial charge on any atom is 0.274 e. The van der Waals surface area contributed by atoms with Crippen molar-refractivity contribution in [2.75, 3.05) is 32.8 Å². The predicted octanol–water partition coefficient (Wildman–Crippen LogP) is 2.04. The summed E-state index contributed by atoms with van der Waals surface area (Å²) in [7, 11) is -3.62. The molecule has 0 aliphatic carbocycles. The highest BCUT2D eigenvalue weighted by atomic mass is 32.2. The molecule has 2 aromatic rings. The summed E-state index contributed by atoms with van der Waals surface area (Å²) in [5, 5.41) is 6.86. The molecular weight excluding hydrogens is 392 g/mol. The van der Waals surface area contributed by atoms with Crippen molar-refractivity contribution >= 4 is 15.9 Å². The molecule has 9 heteroatoms. The maximum atomic E-state index is 13.2. The predicted molar refractivity (Wildman–Crippen MR) is 107 cm³/mol. The number of likely N-dealkylation sites (tertiary alicyclic amines) is 1. The third-order valence-electron chi connectivity index (χ3n) is 5.90. The Morgan fingerprint density at radius 2 is 2.00 bits per heavy atom. The molecule has 8 nitrogen and oxygen atoms in total. The lowest BCUT2D eigenvalue weighted by Crippen LogP contribution is -2.52. The molecule has 0 unspecified atom stereocenters. The number of H-pyrrole nitrogens is 1. The number of nitrogens with one attached hydrogen (secondary N) is 1. The van der Waals surface area contributed by atoms with Crippen molar-refractivity contribution < 1.29 is 17.9 Å². The molecule has 156 valence electrons. The van der Waals surface area contributed by atoms with Crippen LogP contribution in [0.1, 0.15) is 35.9 Å². The number of carbonyl (C=O) groups is 1. The quantitative estimate of drug-likeness (QED) is 0.805. The summed E-state index contributed by atoms with van der Waals surface area (Å²) in [6, 6.07) is 8.54. The minimum Gasteiger partial charge on any atom is -0.492 e. The van der Waals surface area contributed by atoms with Crippen LogP contribution < -0.4 is 4.74 Å². The van der Waals surface area contributed by atoms with Gasteiger partial charge in [-0.25, -0.2) is 8.42 Å². The highest BCUT2D eigenvalue weighted by molar-refractivity contribution is 7.89. The Kier molecular flexibility index (Phi) is 5.12. The summed E-state index contributed by atoms with van der Waals surface area (Å²) in [6.07, 6.45) is 1.35. The number of amides is 1. The van der Waals surface area contributed by atoms with E-state index in [2.05, 4.69) is 10.2 Å². The number of aromatic nitrogens is 2. The van der Waals surface area contributed by atoms with Crippen molar-refractivity contribution in [1.29, 1.82) is 0 Å². The SMILES string of the molecule is CCN1CC2(CCN(C(=O)c3cc(C)[nH]n3)CC2)COc2ccccc2S1(=O)=O. The maximum absolute atomic E-state index is 13.2. The summed E-state index contributed by atoms with van der Waals surface area (Å²) in [4.78, 5) is 14.7. The van der Waals surface area contributed by atoms with Crippen molar-refractivity contribution in [2.45, 2.75) is 31.6 Å². The van der Waals surface area contributed by atoms with Crippen LogP contribution in [0.3, 0.4) is 0 Å². The number of hydrogen-bond donors (Lipinski definition) is 1. The van der Waals surface area contributed by atoms with E-state index >= 15 is 0 Å². The summed E-state index contributed by atoms with van der Waals surface area (Å²) < 4.78 is 33.9. The second kappa shape index (κ2) is 7.46. The largest absolute Gasteiger partial charge is 0.492 e. The third-order valence-corrected chi connectivity index (χ3v) is 7.86. The normalized spacial score (nSPS) is 21.1. The number of fused-ring (bicyclic) bond motifs is 1. The second-order valence-electron chi connectivity index (χ2n) is 7.90. The number of sulfonamides is 1. The molecule has 1 N–H and O–H groups in total. The van der Waals surface area contributed by atoms with Gasteiger partial charge in [-0.2, -0.15) is 9.40 Å². The highest BCUT2D eigenvalue weighted by Gasteiger charge is 2.43. The zero-order valence-electron chi connectivity index (χ0n) is 16.7. The Morgan fingerprint density at radius 3 is 2.66 bits per heavy atom. The first-order chi connectivity index (χ1) is 13.8. The molecule has 2 aliphatic rings. The van der Waals surface area contributed by atoms with E-state index in [9.17, 15) is 13.2 Å². The van der Waals surface area contributed by atoms with Gasteiger partial charge in [-0.1, -0.05) is 19.1 Å².